The minimum absolute atomic E-state index is 0.171. The number of benzene rings is 2. The number of hydrogen-bond acceptors (Lipinski definition) is 5. The highest BCUT2D eigenvalue weighted by Crippen LogP contribution is 2.29. The Morgan fingerprint density at radius 2 is 1.48 bits per heavy atom. The number of anilines is 1. The summed E-state index contributed by atoms with van der Waals surface area (Å²) < 4.78 is 5.41. The van der Waals surface area contributed by atoms with E-state index >= 15 is 0 Å². The topological polar surface area (TPSA) is 84.0 Å². The summed E-state index contributed by atoms with van der Waals surface area (Å²) in [5, 5.41) is 0. The second-order valence-corrected chi connectivity index (χ2v) is 7.83. The predicted molar refractivity (Wildman–Crippen MR) is 114 cm³/mol. The lowest BCUT2D eigenvalue weighted by atomic mass is 10.1. The van der Waals surface area contributed by atoms with E-state index in [1.807, 2.05) is 0 Å². The number of hydrogen-bond donors (Lipinski definition) is 0. The summed E-state index contributed by atoms with van der Waals surface area (Å²) in [5.41, 5.74) is 1.12. The van der Waals surface area contributed by atoms with E-state index in [0.717, 1.165) is 30.6 Å². The SMILES string of the molecule is CC(OC(=O)c1cccc(N2C(=O)c3ccccc3C2=O)c1)C(=O)N1CCCCCC1. The van der Waals surface area contributed by atoms with Crippen molar-refractivity contribution in [1.29, 1.82) is 0 Å². The Hall–Kier alpha value is -3.48. The average Bonchev–Trinajstić information content (AvgIpc) is 2.96. The first kappa shape index (κ1) is 20.8. The summed E-state index contributed by atoms with van der Waals surface area (Å²) in [6.45, 7) is 2.92. The minimum Gasteiger partial charge on any atom is -0.449 e. The van der Waals surface area contributed by atoms with Gasteiger partial charge in [-0.2, -0.15) is 0 Å². The molecule has 2 aromatic carbocycles. The number of carbonyl (C=O) groups excluding carboxylic acids is 4. The summed E-state index contributed by atoms with van der Waals surface area (Å²) in [4.78, 5) is 53.5. The lowest BCUT2D eigenvalue weighted by Gasteiger charge is -2.24. The van der Waals surface area contributed by atoms with Crippen LogP contribution in [0.1, 0.15) is 63.7 Å². The van der Waals surface area contributed by atoms with Gasteiger partial charge in [0.25, 0.3) is 17.7 Å². The second kappa shape index (κ2) is 8.71. The zero-order chi connectivity index (χ0) is 22.0. The number of rotatable bonds is 4. The monoisotopic (exact) mass is 420 g/mol. The van der Waals surface area contributed by atoms with Gasteiger partial charge in [-0.1, -0.05) is 31.0 Å². The van der Waals surface area contributed by atoms with Crippen molar-refractivity contribution in [3.63, 3.8) is 0 Å². The number of ether oxygens (including phenoxy) is 1. The van der Waals surface area contributed by atoms with Crippen molar-refractivity contribution in [1.82, 2.24) is 4.90 Å². The van der Waals surface area contributed by atoms with Gasteiger partial charge < -0.3 is 9.64 Å². The molecule has 0 spiro atoms. The molecule has 160 valence electrons. The maximum atomic E-state index is 12.7. The van der Waals surface area contributed by atoms with Gasteiger partial charge in [-0.05, 0) is 50.1 Å². The number of imide groups is 1. The first-order valence-electron chi connectivity index (χ1n) is 10.5. The Balaban J connectivity index is 1.48. The van der Waals surface area contributed by atoms with E-state index in [0.29, 0.717) is 24.2 Å². The van der Waals surface area contributed by atoms with Gasteiger partial charge in [-0.3, -0.25) is 14.4 Å². The van der Waals surface area contributed by atoms with Gasteiger partial charge in [0.15, 0.2) is 6.10 Å². The number of amides is 3. The fourth-order valence-corrected chi connectivity index (χ4v) is 4.02. The van der Waals surface area contributed by atoms with Crippen molar-refractivity contribution in [3.8, 4) is 0 Å². The van der Waals surface area contributed by atoms with Crippen LogP contribution in [0.15, 0.2) is 48.5 Å². The predicted octanol–water partition coefficient (Wildman–Crippen LogP) is 3.44. The lowest BCUT2D eigenvalue weighted by molar-refractivity contribution is -0.139. The molecule has 1 fully saturated rings. The fourth-order valence-electron chi connectivity index (χ4n) is 4.02. The van der Waals surface area contributed by atoms with Gasteiger partial charge in [0.1, 0.15) is 0 Å². The summed E-state index contributed by atoms with van der Waals surface area (Å²) >= 11 is 0. The van der Waals surface area contributed by atoms with E-state index in [1.165, 1.54) is 12.1 Å². The Bertz CT molecular complexity index is 1000. The zero-order valence-electron chi connectivity index (χ0n) is 17.4. The average molecular weight is 420 g/mol. The van der Waals surface area contributed by atoms with Crippen LogP contribution in [0, 0.1) is 0 Å². The summed E-state index contributed by atoms with van der Waals surface area (Å²) in [6, 6.07) is 12.7. The van der Waals surface area contributed by atoms with Crippen molar-refractivity contribution in [2.75, 3.05) is 18.0 Å². The number of carbonyl (C=O) groups is 4. The molecule has 0 aromatic heterocycles. The van der Waals surface area contributed by atoms with Crippen LogP contribution in [0.5, 0.6) is 0 Å². The van der Waals surface area contributed by atoms with Crippen molar-refractivity contribution in [3.05, 3.63) is 65.2 Å². The highest BCUT2D eigenvalue weighted by atomic mass is 16.5. The Labute approximate surface area is 180 Å². The highest BCUT2D eigenvalue weighted by molar-refractivity contribution is 6.34. The largest absolute Gasteiger partial charge is 0.449 e. The van der Waals surface area contributed by atoms with Gasteiger partial charge in [0.05, 0.1) is 22.4 Å². The van der Waals surface area contributed by atoms with E-state index in [2.05, 4.69) is 0 Å². The van der Waals surface area contributed by atoms with Crippen molar-refractivity contribution in [2.45, 2.75) is 38.7 Å². The van der Waals surface area contributed by atoms with Crippen molar-refractivity contribution < 1.29 is 23.9 Å². The Morgan fingerprint density at radius 3 is 2.10 bits per heavy atom. The third-order valence-electron chi connectivity index (χ3n) is 5.68. The molecule has 2 aromatic rings. The van der Waals surface area contributed by atoms with E-state index in [9.17, 15) is 19.2 Å². The standard InChI is InChI=1S/C24H24N2O5/c1-16(21(27)25-13-6-2-3-7-14-25)31-24(30)17-9-8-10-18(15-17)26-22(28)19-11-4-5-12-20(19)23(26)29/h4-5,8-12,15-16H,2-3,6-7,13-14H2,1H3. The maximum Gasteiger partial charge on any atom is 0.338 e. The first-order valence-corrected chi connectivity index (χ1v) is 10.5. The lowest BCUT2D eigenvalue weighted by Crippen LogP contribution is -2.40. The molecular formula is C24H24N2O5. The minimum atomic E-state index is -0.909. The van der Waals surface area contributed by atoms with Gasteiger partial charge >= 0.3 is 5.97 Å². The van der Waals surface area contributed by atoms with Crippen LogP contribution in [0.2, 0.25) is 0 Å². The molecule has 31 heavy (non-hydrogen) atoms. The van der Waals surface area contributed by atoms with Crippen LogP contribution in [0.4, 0.5) is 5.69 Å². The molecule has 2 heterocycles. The molecule has 0 saturated carbocycles. The molecule has 2 aliphatic heterocycles. The van der Waals surface area contributed by atoms with Gasteiger partial charge in [-0.15, -0.1) is 0 Å². The van der Waals surface area contributed by atoms with E-state index in [-0.39, 0.29) is 17.2 Å². The molecule has 0 N–H and O–H groups in total. The molecule has 2 aliphatic rings. The maximum absolute atomic E-state index is 12.7. The molecule has 7 nitrogen and oxygen atoms in total. The molecule has 7 heteroatoms. The van der Waals surface area contributed by atoms with Crippen LogP contribution in [-0.2, 0) is 9.53 Å². The van der Waals surface area contributed by atoms with E-state index < -0.39 is 23.9 Å². The first-order chi connectivity index (χ1) is 15.0. The molecule has 1 atom stereocenters. The summed E-state index contributed by atoms with van der Waals surface area (Å²) in [6.07, 6.45) is 3.20. The molecule has 1 saturated heterocycles. The smallest absolute Gasteiger partial charge is 0.338 e. The van der Waals surface area contributed by atoms with Crippen molar-refractivity contribution >= 4 is 29.4 Å². The molecule has 0 aliphatic carbocycles. The summed E-state index contributed by atoms with van der Waals surface area (Å²) in [5.74, 6) is -1.74. The fraction of sp³-hybridized carbons (Fsp3) is 0.333. The van der Waals surface area contributed by atoms with Gasteiger partial charge in [0.2, 0.25) is 0 Å². The van der Waals surface area contributed by atoms with Gasteiger partial charge in [0, 0.05) is 13.1 Å². The number of nitrogens with zero attached hydrogens (tertiary/aromatic N) is 2. The molecule has 0 radical (unpaired) electrons. The summed E-state index contributed by atoms with van der Waals surface area (Å²) in [7, 11) is 0. The van der Waals surface area contributed by atoms with Crippen LogP contribution in [-0.4, -0.2) is 47.8 Å². The van der Waals surface area contributed by atoms with Gasteiger partial charge in [-0.25, -0.2) is 9.69 Å². The van der Waals surface area contributed by atoms with Crippen LogP contribution < -0.4 is 4.90 Å². The second-order valence-electron chi connectivity index (χ2n) is 7.83. The van der Waals surface area contributed by atoms with E-state index in [1.54, 1.807) is 48.2 Å². The van der Waals surface area contributed by atoms with Crippen LogP contribution in [0.3, 0.4) is 0 Å². The highest BCUT2D eigenvalue weighted by Gasteiger charge is 2.36. The molecule has 1 unspecified atom stereocenters. The quantitative estimate of drug-likeness (QED) is 0.559. The third kappa shape index (κ3) is 4.08. The number of esters is 1. The number of fused-ring (bicyclic) bond motifs is 1. The zero-order valence-corrected chi connectivity index (χ0v) is 17.4. The van der Waals surface area contributed by atoms with Crippen LogP contribution in [0.25, 0.3) is 0 Å². The number of likely N-dealkylation sites (tertiary alicyclic amines) is 1. The third-order valence-corrected chi connectivity index (χ3v) is 5.68. The van der Waals surface area contributed by atoms with Crippen LogP contribution >= 0.6 is 0 Å². The Kier molecular flexibility index (Phi) is 5.84. The molecule has 3 amide bonds. The normalized spacial score (nSPS) is 17.2. The molecular weight excluding hydrogens is 396 g/mol. The Morgan fingerprint density at radius 1 is 0.871 bits per heavy atom. The van der Waals surface area contributed by atoms with E-state index in [4.69, 9.17) is 4.74 Å². The van der Waals surface area contributed by atoms with Crippen molar-refractivity contribution in [2.24, 2.45) is 0 Å². The molecule has 0 bridgehead atoms. The molecule has 4 rings (SSSR count).